The zero-order valence-electron chi connectivity index (χ0n) is 16.8. The van der Waals surface area contributed by atoms with Crippen LogP contribution >= 0.6 is 11.8 Å². The summed E-state index contributed by atoms with van der Waals surface area (Å²) in [5, 5.41) is 8.87. The van der Waals surface area contributed by atoms with Crippen molar-refractivity contribution in [3.63, 3.8) is 0 Å². The first kappa shape index (κ1) is 20.5. The molecule has 30 heavy (non-hydrogen) atoms. The average molecular weight is 425 g/mol. The molecular weight excluding hydrogens is 400 g/mol. The Bertz CT molecular complexity index is 1010. The molecule has 0 amide bonds. The molecule has 2 heterocycles. The summed E-state index contributed by atoms with van der Waals surface area (Å²) in [4.78, 5) is 18.0. The minimum atomic E-state index is -0.781. The highest BCUT2D eigenvalue weighted by Gasteiger charge is 2.31. The Balaban J connectivity index is 1.40. The number of rotatable bonds is 7. The molecule has 2 aromatic rings. The number of hydrogen-bond donors (Lipinski definition) is 1. The lowest BCUT2D eigenvalue weighted by Crippen LogP contribution is -2.33. The predicted molar refractivity (Wildman–Crippen MR) is 117 cm³/mol. The Morgan fingerprint density at radius 3 is 3.13 bits per heavy atom. The van der Waals surface area contributed by atoms with Gasteiger partial charge in [-0.15, -0.1) is 11.8 Å². The van der Waals surface area contributed by atoms with Gasteiger partial charge >= 0.3 is 5.97 Å². The van der Waals surface area contributed by atoms with Crippen LogP contribution in [0.2, 0.25) is 0 Å². The molecule has 0 spiro atoms. The fourth-order valence-electron chi connectivity index (χ4n) is 3.45. The fourth-order valence-corrected chi connectivity index (χ4v) is 4.55. The Morgan fingerprint density at radius 2 is 2.27 bits per heavy atom. The van der Waals surface area contributed by atoms with Gasteiger partial charge in [-0.05, 0) is 31.0 Å². The van der Waals surface area contributed by atoms with Crippen molar-refractivity contribution in [2.75, 3.05) is 12.3 Å². The van der Waals surface area contributed by atoms with Gasteiger partial charge in [0, 0.05) is 24.4 Å². The molecule has 0 bridgehead atoms. The maximum absolute atomic E-state index is 11.4. The number of nitrogens with zero attached hydrogens (tertiary/aromatic N) is 2. The number of hydrogen-bond acceptors (Lipinski definition) is 6. The van der Waals surface area contributed by atoms with Gasteiger partial charge in [0.2, 0.25) is 5.89 Å². The lowest BCUT2D eigenvalue weighted by atomic mass is 10.2. The first-order valence-electron chi connectivity index (χ1n) is 9.89. The van der Waals surface area contributed by atoms with Gasteiger partial charge in [0.05, 0.1) is 0 Å². The highest BCUT2D eigenvalue weighted by Crippen LogP contribution is 2.27. The standard InChI is InChI=1S/C23H24N2O4S/c1-16-20(24-21(29-16)18-8-4-2-3-5-9-18)15-28-19-10-6-7-17(13-19)14-25-11-12-30-22(25)23(26)27/h2-8,10,13,22H,9,11-12,14-15H2,1H3,(H,26,27). The molecule has 156 valence electrons. The van der Waals surface area contributed by atoms with E-state index in [-0.39, 0.29) is 0 Å². The fraction of sp³-hybridized carbons (Fsp3) is 0.304. The molecule has 1 fully saturated rings. The van der Waals surface area contributed by atoms with Gasteiger partial charge in [-0.2, -0.15) is 0 Å². The van der Waals surface area contributed by atoms with Crippen molar-refractivity contribution >= 4 is 23.3 Å². The summed E-state index contributed by atoms with van der Waals surface area (Å²) in [7, 11) is 0. The number of carboxylic acid groups (broad SMARTS) is 1. The molecule has 0 saturated carbocycles. The van der Waals surface area contributed by atoms with Crippen molar-refractivity contribution in [2.45, 2.75) is 31.9 Å². The smallest absolute Gasteiger partial charge is 0.331 e. The Morgan fingerprint density at radius 1 is 1.37 bits per heavy atom. The number of aromatic nitrogens is 1. The van der Waals surface area contributed by atoms with Crippen LogP contribution in [-0.2, 0) is 17.9 Å². The van der Waals surface area contributed by atoms with Gasteiger partial charge in [0.1, 0.15) is 23.8 Å². The van der Waals surface area contributed by atoms with Crippen LogP contribution in [0.15, 0.2) is 59.1 Å². The van der Waals surface area contributed by atoms with Crippen LogP contribution in [0, 0.1) is 6.92 Å². The summed E-state index contributed by atoms with van der Waals surface area (Å²) < 4.78 is 11.8. The molecule has 1 aromatic heterocycles. The Kier molecular flexibility index (Phi) is 6.40. The number of carboxylic acids is 1. The summed E-state index contributed by atoms with van der Waals surface area (Å²) in [6.07, 6.45) is 10.8. The van der Waals surface area contributed by atoms with Crippen LogP contribution in [0.4, 0.5) is 0 Å². The maximum atomic E-state index is 11.4. The van der Waals surface area contributed by atoms with Crippen LogP contribution in [0.1, 0.15) is 29.3 Å². The molecule has 7 heteroatoms. The van der Waals surface area contributed by atoms with E-state index in [1.807, 2.05) is 60.4 Å². The van der Waals surface area contributed by atoms with Crippen molar-refractivity contribution < 1.29 is 19.1 Å². The summed E-state index contributed by atoms with van der Waals surface area (Å²) in [6.45, 7) is 3.57. The van der Waals surface area contributed by atoms with Gasteiger partial charge in [-0.1, -0.05) is 42.5 Å². The van der Waals surface area contributed by atoms with E-state index in [0.29, 0.717) is 19.0 Å². The monoisotopic (exact) mass is 424 g/mol. The lowest BCUT2D eigenvalue weighted by Gasteiger charge is -2.20. The zero-order valence-corrected chi connectivity index (χ0v) is 17.6. The molecule has 2 aliphatic rings. The third-order valence-corrected chi connectivity index (χ3v) is 6.25. The van der Waals surface area contributed by atoms with E-state index in [9.17, 15) is 9.90 Å². The maximum Gasteiger partial charge on any atom is 0.331 e. The lowest BCUT2D eigenvalue weighted by molar-refractivity contribution is -0.139. The highest BCUT2D eigenvalue weighted by atomic mass is 32.2. The quantitative estimate of drug-likeness (QED) is 0.705. The topological polar surface area (TPSA) is 75.8 Å². The number of allylic oxidation sites excluding steroid dienone is 6. The SMILES string of the molecule is Cc1oc(C2=CC=CC=CC2)nc1COc1cccc(CN2CCSC2C(=O)O)c1. The van der Waals surface area contributed by atoms with Gasteiger partial charge in [0.25, 0.3) is 0 Å². The number of aryl methyl sites for hydroxylation is 1. The number of ether oxygens (including phenoxy) is 1. The number of carbonyl (C=O) groups is 1. The van der Waals surface area contributed by atoms with Gasteiger partial charge in [-0.25, -0.2) is 9.78 Å². The second-order valence-corrected chi connectivity index (χ2v) is 8.39. The first-order chi connectivity index (χ1) is 14.6. The van der Waals surface area contributed by atoms with Gasteiger partial charge in [-0.3, -0.25) is 4.90 Å². The van der Waals surface area contributed by atoms with Crippen LogP contribution < -0.4 is 4.74 Å². The van der Waals surface area contributed by atoms with E-state index in [1.54, 1.807) is 0 Å². The first-order valence-corrected chi connectivity index (χ1v) is 10.9. The van der Waals surface area contributed by atoms with E-state index in [1.165, 1.54) is 11.8 Å². The van der Waals surface area contributed by atoms with E-state index in [0.717, 1.165) is 47.1 Å². The summed E-state index contributed by atoms with van der Waals surface area (Å²) >= 11 is 1.47. The van der Waals surface area contributed by atoms with Gasteiger partial charge < -0.3 is 14.3 Å². The third-order valence-electron chi connectivity index (χ3n) is 5.02. The van der Waals surface area contributed by atoms with E-state index >= 15 is 0 Å². The second-order valence-electron chi connectivity index (χ2n) is 7.20. The Hall–Kier alpha value is -2.77. The van der Waals surface area contributed by atoms with Gasteiger partial charge in [0.15, 0.2) is 5.37 Å². The number of thioether (sulfide) groups is 1. The van der Waals surface area contributed by atoms with Crippen LogP contribution in [0.25, 0.3) is 5.57 Å². The van der Waals surface area contributed by atoms with E-state index in [4.69, 9.17) is 9.15 Å². The zero-order chi connectivity index (χ0) is 20.9. The van der Waals surface area contributed by atoms with E-state index in [2.05, 4.69) is 11.1 Å². The molecule has 1 unspecified atom stereocenters. The van der Waals surface area contributed by atoms with Crippen molar-refractivity contribution in [3.05, 3.63) is 77.6 Å². The largest absolute Gasteiger partial charge is 0.487 e. The van der Waals surface area contributed by atoms with Crippen LogP contribution in [-0.4, -0.2) is 38.6 Å². The van der Waals surface area contributed by atoms with Crippen molar-refractivity contribution in [1.82, 2.24) is 9.88 Å². The molecular formula is C23H24N2O4S. The molecule has 1 aliphatic carbocycles. The third kappa shape index (κ3) is 4.86. The predicted octanol–water partition coefficient (Wildman–Crippen LogP) is 4.42. The molecule has 4 rings (SSSR count). The number of oxazole rings is 1. The summed E-state index contributed by atoms with van der Waals surface area (Å²) in [6, 6.07) is 7.78. The molecule has 1 aromatic carbocycles. The Labute approximate surface area is 179 Å². The molecule has 1 aliphatic heterocycles. The average Bonchev–Trinajstić information content (AvgIpc) is 3.24. The van der Waals surface area contributed by atoms with E-state index < -0.39 is 11.3 Å². The van der Waals surface area contributed by atoms with Crippen LogP contribution in [0.3, 0.4) is 0 Å². The van der Waals surface area contributed by atoms with Crippen LogP contribution in [0.5, 0.6) is 5.75 Å². The molecule has 1 atom stereocenters. The van der Waals surface area contributed by atoms with Crippen molar-refractivity contribution in [1.29, 1.82) is 0 Å². The van der Waals surface area contributed by atoms with Crippen molar-refractivity contribution in [2.24, 2.45) is 0 Å². The second kappa shape index (κ2) is 9.36. The highest BCUT2D eigenvalue weighted by molar-refractivity contribution is 8.00. The normalized spacial score (nSPS) is 19.0. The minimum absolute atomic E-state index is 0.315. The molecule has 1 saturated heterocycles. The molecule has 6 nitrogen and oxygen atoms in total. The number of benzene rings is 1. The van der Waals surface area contributed by atoms with Crippen molar-refractivity contribution in [3.8, 4) is 5.75 Å². The molecule has 0 radical (unpaired) electrons. The number of aliphatic carboxylic acids is 1. The summed E-state index contributed by atoms with van der Waals surface area (Å²) in [5.41, 5.74) is 2.84. The summed E-state index contributed by atoms with van der Waals surface area (Å²) in [5.74, 6) is 2.16. The minimum Gasteiger partial charge on any atom is -0.487 e. The molecule has 1 N–H and O–H groups in total.